The molecule has 13 heavy (non-hydrogen) atoms. The van der Waals surface area contributed by atoms with E-state index in [1.165, 1.54) is 0 Å². The number of rotatable bonds is 7. The number of nitrogens with two attached hydrogens (primary N) is 1. The fourth-order valence-corrected chi connectivity index (χ4v) is 2.62. The largest absolute Gasteiger partial charge is 0.329 e. The predicted molar refractivity (Wildman–Crippen MR) is 58.4 cm³/mol. The molecule has 0 spiro atoms. The van der Waals surface area contributed by atoms with Gasteiger partial charge in [0.1, 0.15) is 0 Å². The van der Waals surface area contributed by atoms with E-state index >= 15 is 0 Å². The smallest absolute Gasteiger partial charge is 0.213 e. The van der Waals surface area contributed by atoms with Gasteiger partial charge in [-0.2, -0.15) is 11.8 Å². The molecule has 80 valence electrons. The van der Waals surface area contributed by atoms with Gasteiger partial charge in [-0.3, -0.25) is 0 Å². The molecule has 0 aromatic heterocycles. The van der Waals surface area contributed by atoms with E-state index in [1.807, 2.05) is 13.2 Å². The molecule has 0 amide bonds. The molecule has 0 aromatic carbocycles. The first-order valence-electron chi connectivity index (χ1n) is 4.21. The molecule has 4 nitrogen and oxygen atoms in total. The van der Waals surface area contributed by atoms with Crippen molar-refractivity contribution in [2.75, 3.05) is 24.3 Å². The first kappa shape index (κ1) is 13.2. The van der Waals surface area contributed by atoms with Crippen molar-refractivity contribution >= 4 is 21.8 Å². The molecule has 0 fully saturated rings. The first-order chi connectivity index (χ1) is 6.02. The Balaban J connectivity index is 3.82. The second-order valence-corrected chi connectivity index (χ2v) is 5.77. The Morgan fingerprint density at radius 2 is 2.15 bits per heavy atom. The van der Waals surface area contributed by atoms with Gasteiger partial charge < -0.3 is 5.73 Å². The first-order valence-corrected chi connectivity index (χ1v) is 7.25. The van der Waals surface area contributed by atoms with Gasteiger partial charge in [0.2, 0.25) is 10.0 Å². The quantitative estimate of drug-likeness (QED) is 0.641. The average Bonchev–Trinajstić information content (AvgIpc) is 1.99. The highest BCUT2D eigenvalue weighted by molar-refractivity contribution is 7.98. The lowest BCUT2D eigenvalue weighted by Gasteiger charge is -2.12. The lowest BCUT2D eigenvalue weighted by Crippen LogP contribution is -2.36. The molecule has 0 aliphatic heterocycles. The maximum absolute atomic E-state index is 11.2. The Labute approximate surface area is 84.7 Å². The molecular formula is C7H18N2O2S2. The van der Waals surface area contributed by atoms with E-state index in [0.717, 1.165) is 12.2 Å². The molecule has 0 radical (unpaired) electrons. The zero-order chi connectivity index (χ0) is 10.3. The van der Waals surface area contributed by atoms with E-state index in [4.69, 9.17) is 5.73 Å². The van der Waals surface area contributed by atoms with Gasteiger partial charge in [-0.1, -0.05) is 0 Å². The number of hydrogen-bond donors (Lipinski definition) is 2. The Kier molecular flexibility index (Phi) is 6.75. The maximum Gasteiger partial charge on any atom is 0.213 e. The van der Waals surface area contributed by atoms with Crippen LogP contribution in [0, 0.1) is 0 Å². The normalized spacial score (nSPS) is 14.4. The zero-order valence-electron chi connectivity index (χ0n) is 8.12. The zero-order valence-corrected chi connectivity index (χ0v) is 9.75. The van der Waals surface area contributed by atoms with Crippen LogP contribution in [-0.2, 0) is 10.0 Å². The molecule has 0 saturated carbocycles. The highest BCUT2D eigenvalue weighted by atomic mass is 32.2. The lowest BCUT2D eigenvalue weighted by molar-refractivity contribution is 0.557. The molecule has 0 aromatic rings. The lowest BCUT2D eigenvalue weighted by atomic mass is 10.3. The molecular weight excluding hydrogens is 208 g/mol. The van der Waals surface area contributed by atoms with Crippen molar-refractivity contribution in [2.24, 2.45) is 5.73 Å². The summed E-state index contributed by atoms with van der Waals surface area (Å²) in [5.74, 6) is 0.975. The number of hydrogen-bond acceptors (Lipinski definition) is 4. The van der Waals surface area contributed by atoms with Gasteiger partial charge in [0.05, 0.1) is 5.75 Å². The van der Waals surface area contributed by atoms with E-state index in [0.29, 0.717) is 0 Å². The van der Waals surface area contributed by atoms with Crippen LogP contribution in [0.25, 0.3) is 0 Å². The highest BCUT2D eigenvalue weighted by Gasteiger charge is 2.12. The summed E-state index contributed by atoms with van der Waals surface area (Å²) >= 11 is 1.71. The predicted octanol–water partition coefficient (Wildman–Crippen LogP) is 0.00610. The van der Waals surface area contributed by atoms with Crippen LogP contribution in [0.5, 0.6) is 0 Å². The third-order valence-corrected chi connectivity index (χ3v) is 3.70. The summed E-state index contributed by atoms with van der Waals surface area (Å²) in [7, 11) is -3.15. The van der Waals surface area contributed by atoms with Crippen LogP contribution in [-0.4, -0.2) is 38.8 Å². The maximum atomic E-state index is 11.2. The van der Waals surface area contributed by atoms with Gasteiger partial charge in [-0.15, -0.1) is 0 Å². The average molecular weight is 226 g/mol. The van der Waals surface area contributed by atoms with E-state index < -0.39 is 10.0 Å². The van der Waals surface area contributed by atoms with Crippen LogP contribution in [0.2, 0.25) is 0 Å². The van der Waals surface area contributed by atoms with Crippen molar-refractivity contribution < 1.29 is 8.42 Å². The van der Waals surface area contributed by atoms with Crippen LogP contribution in [0.4, 0.5) is 0 Å². The summed E-state index contributed by atoms with van der Waals surface area (Å²) in [4.78, 5) is 0. The molecule has 0 bridgehead atoms. The highest BCUT2D eigenvalue weighted by Crippen LogP contribution is 2.01. The fraction of sp³-hybridized carbons (Fsp3) is 1.00. The molecule has 0 aliphatic rings. The summed E-state index contributed by atoms with van der Waals surface area (Å²) in [6.45, 7) is 2.04. The molecule has 3 N–H and O–H groups in total. The van der Waals surface area contributed by atoms with Crippen LogP contribution in [0.3, 0.4) is 0 Å². The van der Waals surface area contributed by atoms with Crippen LogP contribution in [0.15, 0.2) is 0 Å². The van der Waals surface area contributed by atoms with E-state index in [9.17, 15) is 8.42 Å². The summed E-state index contributed by atoms with van der Waals surface area (Å²) in [6.07, 6.45) is 2.85. The molecule has 1 atom stereocenters. The minimum atomic E-state index is -3.15. The standard InChI is InChI=1S/C7H18N2O2S2/c1-7(3-5-12-2)9-13(10,11)6-4-8/h7,9H,3-6,8H2,1-2H3. The Morgan fingerprint density at radius 3 is 2.62 bits per heavy atom. The van der Waals surface area contributed by atoms with Gasteiger partial charge in [0.25, 0.3) is 0 Å². The molecule has 0 aliphatic carbocycles. The fourth-order valence-electron chi connectivity index (χ4n) is 0.874. The minimum absolute atomic E-state index is 0.00370. The Hall–Kier alpha value is 0.220. The molecule has 0 saturated heterocycles. The van der Waals surface area contributed by atoms with E-state index in [2.05, 4.69) is 4.72 Å². The Morgan fingerprint density at radius 1 is 1.54 bits per heavy atom. The van der Waals surface area contributed by atoms with Gasteiger partial charge in [0.15, 0.2) is 0 Å². The van der Waals surface area contributed by atoms with Crippen molar-refractivity contribution in [3.05, 3.63) is 0 Å². The summed E-state index contributed by atoms with van der Waals surface area (Å²) < 4.78 is 25.0. The van der Waals surface area contributed by atoms with Crippen LogP contribution >= 0.6 is 11.8 Å². The van der Waals surface area contributed by atoms with Crippen molar-refractivity contribution in [3.63, 3.8) is 0 Å². The molecule has 1 unspecified atom stereocenters. The molecule has 6 heteroatoms. The second kappa shape index (κ2) is 6.64. The van der Waals surface area contributed by atoms with Gasteiger partial charge in [0, 0.05) is 12.6 Å². The van der Waals surface area contributed by atoms with Crippen molar-refractivity contribution in [2.45, 2.75) is 19.4 Å². The third-order valence-electron chi connectivity index (χ3n) is 1.52. The summed E-state index contributed by atoms with van der Waals surface area (Å²) in [5.41, 5.74) is 5.17. The van der Waals surface area contributed by atoms with Crippen molar-refractivity contribution in [1.82, 2.24) is 4.72 Å². The molecule has 0 rings (SSSR count). The minimum Gasteiger partial charge on any atom is -0.329 e. The van der Waals surface area contributed by atoms with Crippen LogP contribution < -0.4 is 10.5 Å². The summed E-state index contributed by atoms with van der Waals surface area (Å²) in [6, 6.07) is 0.00370. The number of thioether (sulfide) groups is 1. The monoisotopic (exact) mass is 226 g/mol. The molecule has 0 heterocycles. The summed E-state index contributed by atoms with van der Waals surface area (Å²) in [5, 5.41) is 0. The Bertz CT molecular complexity index is 217. The third kappa shape index (κ3) is 7.30. The van der Waals surface area contributed by atoms with E-state index in [1.54, 1.807) is 11.8 Å². The van der Waals surface area contributed by atoms with Gasteiger partial charge in [-0.05, 0) is 25.4 Å². The van der Waals surface area contributed by atoms with Gasteiger partial charge >= 0.3 is 0 Å². The number of sulfonamides is 1. The number of nitrogens with one attached hydrogen (secondary N) is 1. The van der Waals surface area contributed by atoms with Crippen molar-refractivity contribution in [1.29, 1.82) is 0 Å². The van der Waals surface area contributed by atoms with E-state index in [-0.39, 0.29) is 18.3 Å². The SMILES string of the molecule is CSCCC(C)NS(=O)(=O)CCN. The van der Waals surface area contributed by atoms with Crippen LogP contribution in [0.1, 0.15) is 13.3 Å². The second-order valence-electron chi connectivity index (χ2n) is 2.91. The van der Waals surface area contributed by atoms with Crippen molar-refractivity contribution in [3.8, 4) is 0 Å². The van der Waals surface area contributed by atoms with Gasteiger partial charge in [-0.25, -0.2) is 13.1 Å². The topological polar surface area (TPSA) is 72.2 Å².